The van der Waals surface area contributed by atoms with Crippen LogP contribution in [-0.4, -0.2) is 17.8 Å². The Kier molecular flexibility index (Phi) is 4.06. The molecule has 1 aliphatic heterocycles. The molecule has 2 rings (SSSR count). The number of hydrogen-bond donors (Lipinski definition) is 1. The molecule has 0 bridgehead atoms. The van der Waals surface area contributed by atoms with Gasteiger partial charge in [0.05, 0.1) is 12.7 Å². The third-order valence-electron chi connectivity index (χ3n) is 3.92. The van der Waals surface area contributed by atoms with Crippen molar-refractivity contribution < 1.29 is 9.84 Å². The van der Waals surface area contributed by atoms with Crippen molar-refractivity contribution in [2.45, 2.75) is 39.2 Å². The van der Waals surface area contributed by atoms with Gasteiger partial charge in [-0.3, -0.25) is 0 Å². The van der Waals surface area contributed by atoms with Gasteiger partial charge in [0.25, 0.3) is 0 Å². The van der Waals surface area contributed by atoms with E-state index in [4.69, 9.17) is 4.74 Å². The van der Waals surface area contributed by atoms with E-state index in [0.717, 1.165) is 25.0 Å². The van der Waals surface area contributed by atoms with Crippen LogP contribution in [0.15, 0.2) is 24.3 Å². The number of aliphatic hydroxyl groups excluding tert-OH is 1. The average Bonchev–Trinajstić information content (AvgIpc) is 2.39. The fourth-order valence-corrected chi connectivity index (χ4v) is 2.73. The van der Waals surface area contributed by atoms with Crippen molar-refractivity contribution in [2.75, 3.05) is 6.61 Å². The molecule has 94 valence electrons. The van der Waals surface area contributed by atoms with Crippen LogP contribution in [0, 0.1) is 11.8 Å². The summed E-state index contributed by atoms with van der Waals surface area (Å²) in [5.74, 6) is 1.63. The number of fused-ring (bicyclic) bond motifs is 1. The molecule has 1 heterocycles. The van der Waals surface area contributed by atoms with Crippen LogP contribution in [0.1, 0.15) is 32.3 Å². The maximum Gasteiger partial charge on any atom is 0.122 e. The van der Waals surface area contributed by atoms with Gasteiger partial charge < -0.3 is 9.84 Å². The monoisotopic (exact) mass is 234 g/mol. The molecule has 0 saturated heterocycles. The predicted octanol–water partition coefficient (Wildman–Crippen LogP) is 3.03. The summed E-state index contributed by atoms with van der Waals surface area (Å²) in [6, 6.07) is 8.14. The molecule has 0 radical (unpaired) electrons. The summed E-state index contributed by atoms with van der Waals surface area (Å²) in [4.78, 5) is 0. The number of para-hydroxylation sites is 1. The molecule has 0 amide bonds. The fourth-order valence-electron chi connectivity index (χ4n) is 2.73. The Balaban J connectivity index is 2.07. The summed E-state index contributed by atoms with van der Waals surface area (Å²) in [7, 11) is 0. The molecule has 2 heteroatoms. The Labute approximate surface area is 104 Å². The molecule has 2 nitrogen and oxygen atoms in total. The van der Waals surface area contributed by atoms with Gasteiger partial charge >= 0.3 is 0 Å². The summed E-state index contributed by atoms with van der Waals surface area (Å²) in [5, 5.41) is 10.4. The molecule has 2 atom stereocenters. The van der Waals surface area contributed by atoms with Gasteiger partial charge in [-0.25, -0.2) is 0 Å². The van der Waals surface area contributed by atoms with Crippen molar-refractivity contribution in [2.24, 2.45) is 11.8 Å². The van der Waals surface area contributed by atoms with Crippen LogP contribution in [0.25, 0.3) is 0 Å². The first kappa shape index (κ1) is 12.4. The Morgan fingerprint density at radius 2 is 2.00 bits per heavy atom. The molecule has 0 spiro atoms. The summed E-state index contributed by atoms with van der Waals surface area (Å²) in [6.07, 6.45) is 2.78. The minimum absolute atomic E-state index is 0.238. The minimum Gasteiger partial charge on any atom is -0.493 e. The van der Waals surface area contributed by atoms with Crippen LogP contribution in [0.5, 0.6) is 5.75 Å². The van der Waals surface area contributed by atoms with Gasteiger partial charge in [-0.05, 0) is 24.0 Å². The number of benzene rings is 1. The van der Waals surface area contributed by atoms with Crippen molar-refractivity contribution >= 4 is 0 Å². The second-order valence-electron chi connectivity index (χ2n) is 4.95. The lowest BCUT2D eigenvalue weighted by Crippen LogP contribution is -2.36. The summed E-state index contributed by atoms with van der Waals surface area (Å²) >= 11 is 0. The molecule has 17 heavy (non-hydrogen) atoms. The number of aliphatic hydroxyl groups is 1. The maximum atomic E-state index is 10.4. The van der Waals surface area contributed by atoms with Crippen LogP contribution >= 0.6 is 0 Å². The fraction of sp³-hybridized carbons (Fsp3) is 0.600. The standard InChI is InChI=1S/C15H22O2/c1-3-11(4-2)15(16)13-9-12-7-5-6-8-14(12)17-10-13/h5-8,11,13,15-16H,3-4,9-10H2,1-2H3. The van der Waals surface area contributed by atoms with Crippen LogP contribution < -0.4 is 4.74 Å². The van der Waals surface area contributed by atoms with E-state index >= 15 is 0 Å². The maximum absolute atomic E-state index is 10.4. The first-order valence-corrected chi connectivity index (χ1v) is 6.65. The van der Waals surface area contributed by atoms with E-state index in [0.29, 0.717) is 12.5 Å². The van der Waals surface area contributed by atoms with E-state index in [9.17, 15) is 5.11 Å². The lowest BCUT2D eigenvalue weighted by atomic mass is 9.83. The molecule has 2 unspecified atom stereocenters. The smallest absolute Gasteiger partial charge is 0.122 e. The van der Waals surface area contributed by atoms with Gasteiger partial charge in [0.1, 0.15) is 5.75 Å². The van der Waals surface area contributed by atoms with Gasteiger partial charge in [0.2, 0.25) is 0 Å². The Morgan fingerprint density at radius 3 is 2.71 bits per heavy atom. The second-order valence-corrected chi connectivity index (χ2v) is 4.95. The normalized spacial score (nSPS) is 20.8. The highest BCUT2D eigenvalue weighted by atomic mass is 16.5. The highest BCUT2D eigenvalue weighted by Crippen LogP contribution is 2.31. The van der Waals surface area contributed by atoms with E-state index in [1.165, 1.54) is 5.56 Å². The third kappa shape index (κ3) is 2.63. The zero-order valence-electron chi connectivity index (χ0n) is 10.7. The van der Waals surface area contributed by atoms with Crippen LogP contribution in [0.3, 0.4) is 0 Å². The second kappa shape index (κ2) is 5.54. The molecule has 0 saturated carbocycles. The molecule has 1 N–H and O–H groups in total. The summed E-state index contributed by atoms with van der Waals surface area (Å²) in [5.41, 5.74) is 1.23. The lowest BCUT2D eigenvalue weighted by molar-refractivity contribution is 0.0180. The van der Waals surface area contributed by atoms with Crippen LogP contribution in [-0.2, 0) is 6.42 Å². The topological polar surface area (TPSA) is 29.5 Å². The van der Waals surface area contributed by atoms with Gasteiger partial charge in [-0.15, -0.1) is 0 Å². The SMILES string of the molecule is CCC(CC)C(O)C1COc2ccccc2C1. The first-order valence-electron chi connectivity index (χ1n) is 6.65. The molecule has 1 aromatic rings. The molecular weight excluding hydrogens is 212 g/mol. The lowest BCUT2D eigenvalue weighted by Gasteiger charge is -2.32. The van der Waals surface area contributed by atoms with Gasteiger partial charge in [0.15, 0.2) is 0 Å². The zero-order valence-corrected chi connectivity index (χ0v) is 10.7. The molecule has 0 aromatic heterocycles. The highest BCUT2D eigenvalue weighted by molar-refractivity contribution is 5.35. The van der Waals surface area contributed by atoms with E-state index in [1.54, 1.807) is 0 Å². The number of rotatable bonds is 4. The Hall–Kier alpha value is -1.02. The molecule has 0 fully saturated rings. The largest absolute Gasteiger partial charge is 0.493 e. The average molecular weight is 234 g/mol. The molecular formula is C15H22O2. The van der Waals surface area contributed by atoms with Crippen LogP contribution in [0.4, 0.5) is 0 Å². The summed E-state index contributed by atoms with van der Waals surface area (Å²) < 4.78 is 5.74. The zero-order chi connectivity index (χ0) is 12.3. The first-order chi connectivity index (χ1) is 8.26. The predicted molar refractivity (Wildman–Crippen MR) is 69.2 cm³/mol. The van der Waals surface area contributed by atoms with E-state index < -0.39 is 0 Å². The van der Waals surface area contributed by atoms with Crippen LogP contribution in [0.2, 0.25) is 0 Å². The van der Waals surface area contributed by atoms with Gasteiger partial charge in [-0.2, -0.15) is 0 Å². The van der Waals surface area contributed by atoms with E-state index in [-0.39, 0.29) is 12.0 Å². The van der Waals surface area contributed by atoms with Gasteiger partial charge in [0, 0.05) is 5.92 Å². The number of ether oxygens (including phenoxy) is 1. The van der Waals surface area contributed by atoms with Crippen molar-refractivity contribution in [1.29, 1.82) is 0 Å². The van der Waals surface area contributed by atoms with Crippen molar-refractivity contribution in [3.8, 4) is 5.75 Å². The minimum atomic E-state index is -0.238. The molecule has 0 aliphatic carbocycles. The molecule has 1 aromatic carbocycles. The van der Waals surface area contributed by atoms with Crippen molar-refractivity contribution in [3.63, 3.8) is 0 Å². The van der Waals surface area contributed by atoms with E-state index in [1.807, 2.05) is 18.2 Å². The van der Waals surface area contributed by atoms with Crippen molar-refractivity contribution in [1.82, 2.24) is 0 Å². The summed E-state index contributed by atoms with van der Waals surface area (Å²) in [6.45, 7) is 4.94. The number of hydrogen-bond acceptors (Lipinski definition) is 2. The third-order valence-corrected chi connectivity index (χ3v) is 3.92. The highest BCUT2D eigenvalue weighted by Gasteiger charge is 2.29. The Morgan fingerprint density at radius 1 is 1.29 bits per heavy atom. The molecule has 1 aliphatic rings. The van der Waals surface area contributed by atoms with Gasteiger partial charge in [-0.1, -0.05) is 44.9 Å². The Bertz CT molecular complexity index is 358. The van der Waals surface area contributed by atoms with Crippen molar-refractivity contribution in [3.05, 3.63) is 29.8 Å². The quantitative estimate of drug-likeness (QED) is 0.867. The van der Waals surface area contributed by atoms with E-state index in [2.05, 4.69) is 19.9 Å².